The highest BCUT2D eigenvalue weighted by molar-refractivity contribution is 6.02. The number of aromatic amines is 1. The van der Waals surface area contributed by atoms with Crippen molar-refractivity contribution < 1.29 is 28.7 Å². The Hall–Kier alpha value is -3.16. The third-order valence-corrected chi connectivity index (χ3v) is 5.29. The number of rotatable bonds is 2. The molecule has 0 aliphatic heterocycles. The van der Waals surface area contributed by atoms with Gasteiger partial charge in [-0.3, -0.25) is 9.59 Å². The second-order valence-electron chi connectivity index (χ2n) is 7.07. The van der Waals surface area contributed by atoms with Crippen molar-refractivity contribution in [3.05, 3.63) is 46.0 Å². The van der Waals surface area contributed by atoms with Gasteiger partial charge in [-0.15, -0.1) is 0 Å². The minimum Gasteiger partial charge on any atom is -0.465 e. The Morgan fingerprint density at radius 1 is 0.897 bits per heavy atom. The number of nitrogens with one attached hydrogen (secondary N) is 1. The number of hydrogen-bond donors (Lipinski definition) is 1. The van der Waals surface area contributed by atoms with Crippen LogP contribution >= 0.6 is 0 Å². The van der Waals surface area contributed by atoms with E-state index in [9.17, 15) is 19.2 Å². The van der Waals surface area contributed by atoms with E-state index in [-0.39, 0.29) is 23.5 Å². The van der Waals surface area contributed by atoms with Crippen LogP contribution in [0.5, 0.6) is 0 Å². The van der Waals surface area contributed by atoms with Crippen LogP contribution in [0.15, 0.2) is 12.4 Å². The number of esters is 2. The average Bonchev–Trinajstić information content (AvgIpc) is 3.30. The Morgan fingerprint density at radius 2 is 1.48 bits per heavy atom. The number of ketones is 2. The summed E-state index contributed by atoms with van der Waals surface area (Å²) in [5.41, 5.74) is 3.94. The molecule has 2 aromatic rings. The van der Waals surface area contributed by atoms with Gasteiger partial charge in [0.2, 0.25) is 0 Å². The Kier molecular flexibility index (Phi) is 6.00. The van der Waals surface area contributed by atoms with Gasteiger partial charge < -0.3 is 19.0 Å². The molecule has 0 fully saturated rings. The Morgan fingerprint density at radius 3 is 2.14 bits per heavy atom. The highest BCUT2D eigenvalue weighted by Gasteiger charge is 2.27. The Balaban J connectivity index is 0.000000166. The van der Waals surface area contributed by atoms with Crippen molar-refractivity contribution in [1.29, 1.82) is 0 Å². The highest BCUT2D eigenvalue weighted by atomic mass is 16.5. The van der Waals surface area contributed by atoms with Gasteiger partial charge in [0.25, 0.3) is 0 Å². The molecule has 0 spiro atoms. The summed E-state index contributed by atoms with van der Waals surface area (Å²) in [4.78, 5) is 48.7. The van der Waals surface area contributed by atoms with E-state index >= 15 is 0 Å². The van der Waals surface area contributed by atoms with Crippen LogP contribution in [0.2, 0.25) is 0 Å². The Labute approximate surface area is 168 Å². The molecule has 154 valence electrons. The third-order valence-electron chi connectivity index (χ3n) is 5.29. The molecule has 0 unspecified atom stereocenters. The molecule has 0 saturated heterocycles. The van der Waals surface area contributed by atoms with Gasteiger partial charge in [-0.05, 0) is 36.8 Å². The number of nitrogens with zero attached hydrogens (tertiary/aromatic N) is 1. The molecular weight excluding hydrogens is 376 g/mol. The molecular formula is C21H24N2O6. The topological polar surface area (TPSA) is 107 Å². The lowest BCUT2D eigenvalue weighted by atomic mass is 9.94. The van der Waals surface area contributed by atoms with Crippen LogP contribution in [0.1, 0.15) is 78.5 Å². The summed E-state index contributed by atoms with van der Waals surface area (Å²) in [5, 5.41) is 0. The van der Waals surface area contributed by atoms with Crippen LogP contribution in [0, 0.1) is 0 Å². The van der Waals surface area contributed by atoms with E-state index in [0.29, 0.717) is 35.4 Å². The van der Waals surface area contributed by atoms with Crippen molar-refractivity contribution in [1.82, 2.24) is 9.55 Å². The molecule has 4 rings (SSSR count). The number of H-pyrrole nitrogens is 1. The van der Waals surface area contributed by atoms with Gasteiger partial charge in [-0.25, -0.2) is 9.59 Å². The summed E-state index contributed by atoms with van der Waals surface area (Å²) in [7, 11) is 4.48. The highest BCUT2D eigenvalue weighted by Crippen LogP contribution is 2.26. The largest absolute Gasteiger partial charge is 0.465 e. The van der Waals surface area contributed by atoms with Crippen LogP contribution in [0.4, 0.5) is 0 Å². The molecule has 8 heteroatoms. The van der Waals surface area contributed by atoms with Crippen LogP contribution in [-0.2, 0) is 29.4 Å². The standard InChI is InChI=1S/C11H13NO3.C10H11NO3/c1-12-6-8(11(14)15-2)7-4-3-5-9(13)10(7)12;1-14-10(13)7-5-11-9-6(7)3-2-4-8(9)12/h6H,3-5H2,1-2H3;5,11H,2-4H2,1H3. The van der Waals surface area contributed by atoms with E-state index < -0.39 is 0 Å². The number of hydrogen-bond acceptors (Lipinski definition) is 6. The number of aromatic nitrogens is 2. The molecule has 0 amide bonds. The Bertz CT molecular complexity index is 982. The summed E-state index contributed by atoms with van der Waals surface area (Å²) in [6.07, 6.45) is 7.56. The molecule has 1 N–H and O–H groups in total. The van der Waals surface area contributed by atoms with Crippen LogP contribution in [0.25, 0.3) is 0 Å². The van der Waals surface area contributed by atoms with Gasteiger partial charge in [0.05, 0.1) is 36.7 Å². The maximum absolute atomic E-state index is 11.7. The summed E-state index contributed by atoms with van der Waals surface area (Å²) >= 11 is 0. The first-order chi connectivity index (χ1) is 13.9. The number of fused-ring (bicyclic) bond motifs is 2. The van der Waals surface area contributed by atoms with Gasteiger partial charge >= 0.3 is 11.9 Å². The van der Waals surface area contributed by atoms with E-state index in [1.807, 2.05) is 0 Å². The lowest BCUT2D eigenvalue weighted by Gasteiger charge is -2.12. The summed E-state index contributed by atoms with van der Waals surface area (Å²) in [6, 6.07) is 0. The average molecular weight is 400 g/mol. The second-order valence-corrected chi connectivity index (χ2v) is 7.07. The summed E-state index contributed by atoms with van der Waals surface area (Å²) in [6.45, 7) is 0. The van der Waals surface area contributed by atoms with Gasteiger partial charge in [-0.1, -0.05) is 0 Å². The lowest BCUT2D eigenvalue weighted by molar-refractivity contribution is 0.0590. The van der Waals surface area contributed by atoms with E-state index in [4.69, 9.17) is 0 Å². The first-order valence-corrected chi connectivity index (χ1v) is 9.50. The van der Waals surface area contributed by atoms with E-state index in [2.05, 4.69) is 14.5 Å². The van der Waals surface area contributed by atoms with E-state index in [0.717, 1.165) is 36.8 Å². The molecule has 0 bridgehead atoms. The first kappa shape index (κ1) is 20.6. The summed E-state index contributed by atoms with van der Waals surface area (Å²) in [5.74, 6) is -0.533. The number of ether oxygens (including phenoxy) is 2. The predicted molar refractivity (Wildman–Crippen MR) is 103 cm³/mol. The van der Waals surface area contributed by atoms with Crippen molar-refractivity contribution in [2.75, 3.05) is 14.2 Å². The fourth-order valence-electron chi connectivity index (χ4n) is 3.93. The molecule has 2 aliphatic carbocycles. The first-order valence-electron chi connectivity index (χ1n) is 9.50. The minimum absolute atomic E-state index is 0.0846. The van der Waals surface area contributed by atoms with Crippen molar-refractivity contribution >= 4 is 23.5 Å². The maximum atomic E-state index is 11.7. The number of carbonyl (C=O) groups excluding carboxylic acids is 4. The van der Waals surface area contributed by atoms with Crippen LogP contribution in [-0.4, -0.2) is 47.3 Å². The zero-order valence-electron chi connectivity index (χ0n) is 16.8. The number of methoxy groups -OCH3 is 2. The van der Waals surface area contributed by atoms with Crippen LogP contribution < -0.4 is 0 Å². The third kappa shape index (κ3) is 3.87. The monoisotopic (exact) mass is 400 g/mol. The molecule has 2 heterocycles. The van der Waals surface area contributed by atoms with E-state index in [1.54, 1.807) is 24.0 Å². The number of Topliss-reactive ketones (excluding diaryl/α,β-unsaturated/α-hetero) is 2. The number of carbonyl (C=O) groups is 4. The van der Waals surface area contributed by atoms with Crippen LogP contribution in [0.3, 0.4) is 0 Å². The molecule has 2 aromatic heterocycles. The normalized spacial score (nSPS) is 15.0. The van der Waals surface area contributed by atoms with Crippen molar-refractivity contribution in [2.24, 2.45) is 7.05 Å². The van der Waals surface area contributed by atoms with Crippen molar-refractivity contribution in [3.63, 3.8) is 0 Å². The van der Waals surface area contributed by atoms with Crippen molar-refractivity contribution in [2.45, 2.75) is 38.5 Å². The summed E-state index contributed by atoms with van der Waals surface area (Å²) < 4.78 is 11.0. The smallest absolute Gasteiger partial charge is 0.339 e. The molecule has 8 nitrogen and oxygen atoms in total. The zero-order chi connectivity index (χ0) is 21.1. The zero-order valence-corrected chi connectivity index (χ0v) is 16.8. The van der Waals surface area contributed by atoms with Gasteiger partial charge in [-0.2, -0.15) is 0 Å². The molecule has 29 heavy (non-hydrogen) atoms. The molecule has 0 atom stereocenters. The quantitative estimate of drug-likeness (QED) is 0.777. The molecule has 0 aromatic carbocycles. The SMILES string of the molecule is COC(=O)c1c[nH]c2c1CCCC2=O.COC(=O)c1cn(C)c2c1CCCC2=O. The molecule has 0 radical (unpaired) electrons. The number of aryl methyl sites for hydroxylation is 1. The molecule has 2 aliphatic rings. The van der Waals surface area contributed by atoms with Gasteiger partial charge in [0.15, 0.2) is 11.6 Å². The lowest BCUT2D eigenvalue weighted by Crippen LogP contribution is -2.14. The van der Waals surface area contributed by atoms with Gasteiger partial charge in [0.1, 0.15) is 0 Å². The van der Waals surface area contributed by atoms with Gasteiger partial charge in [0, 0.05) is 32.3 Å². The fraction of sp³-hybridized carbons (Fsp3) is 0.429. The van der Waals surface area contributed by atoms with E-state index in [1.165, 1.54) is 14.2 Å². The second kappa shape index (κ2) is 8.46. The molecule has 0 saturated carbocycles. The minimum atomic E-state index is -0.378. The fourth-order valence-corrected chi connectivity index (χ4v) is 3.93. The predicted octanol–water partition coefficient (Wildman–Crippen LogP) is 2.65. The van der Waals surface area contributed by atoms with Crippen molar-refractivity contribution in [3.8, 4) is 0 Å². The maximum Gasteiger partial charge on any atom is 0.339 e.